The van der Waals surface area contributed by atoms with Gasteiger partial charge in [0.25, 0.3) is 0 Å². The van der Waals surface area contributed by atoms with Crippen molar-refractivity contribution in [2.45, 2.75) is 99.6 Å². The van der Waals surface area contributed by atoms with E-state index in [2.05, 4.69) is 120 Å². The lowest BCUT2D eigenvalue weighted by Gasteiger charge is -2.15. The Hall–Kier alpha value is -8.70. The minimum Gasteiger partial charge on any atom is -0.492 e. The summed E-state index contributed by atoms with van der Waals surface area (Å²) in [5.74, 6) is 18.2. The van der Waals surface area contributed by atoms with Crippen LogP contribution in [0.4, 0.5) is 23.3 Å². The molecular weight excluding hydrogens is 1010 g/mol. The molecule has 16 heteroatoms. The van der Waals surface area contributed by atoms with Crippen LogP contribution in [0.15, 0.2) is 109 Å². The zero-order valence-electron chi connectivity index (χ0n) is 48.0. The average Bonchev–Trinajstić information content (AvgIpc) is 4.46. The Balaban J connectivity index is 0.000000177. The first-order chi connectivity index (χ1) is 39.6. The van der Waals surface area contributed by atoms with Gasteiger partial charge in [-0.1, -0.05) is 44.7 Å². The molecule has 10 aromatic rings. The molecule has 8 heterocycles. The van der Waals surface area contributed by atoms with Gasteiger partial charge in [-0.2, -0.15) is 9.97 Å². The van der Waals surface area contributed by atoms with Gasteiger partial charge in [-0.15, -0.1) is 0 Å². The van der Waals surface area contributed by atoms with E-state index in [4.69, 9.17) is 29.4 Å². The molecule has 0 spiro atoms. The molecule has 0 amide bonds. The molecule has 2 fully saturated rings. The molecule has 4 aromatic carbocycles. The molecule has 12 rings (SSSR count). The monoisotopic (exact) mass is 1080 g/mol. The lowest BCUT2D eigenvalue weighted by atomic mass is 10.1. The first-order valence-electron chi connectivity index (χ1n) is 28.8. The van der Waals surface area contributed by atoms with Gasteiger partial charge in [0.15, 0.2) is 0 Å². The fraction of sp³-hybridized carbons (Fsp3) is 0.354. The van der Waals surface area contributed by atoms with Crippen molar-refractivity contribution in [1.29, 1.82) is 0 Å². The number of aromatic amines is 2. The van der Waals surface area contributed by atoms with E-state index < -0.39 is 0 Å². The number of rotatable bonds is 15. The lowest BCUT2D eigenvalue weighted by Crippen LogP contribution is -2.25. The Morgan fingerprint density at radius 2 is 0.975 bits per heavy atom. The molecule has 2 aliphatic rings. The number of fused-ring (bicyclic) bond motifs is 4. The highest BCUT2D eigenvalue weighted by atomic mass is 16.5. The molecule has 0 unspecified atom stereocenters. The van der Waals surface area contributed by atoms with Crippen LogP contribution in [-0.2, 0) is 6.42 Å². The fourth-order valence-corrected chi connectivity index (χ4v) is 10.7. The quantitative estimate of drug-likeness (QED) is 0.0719. The van der Waals surface area contributed by atoms with Crippen molar-refractivity contribution in [1.82, 2.24) is 58.8 Å². The second-order valence-corrected chi connectivity index (χ2v) is 20.7. The van der Waals surface area contributed by atoms with E-state index in [1.165, 1.54) is 51.9 Å². The number of anilines is 4. The molecular formula is C65H74N14O2. The van der Waals surface area contributed by atoms with Crippen LogP contribution in [0.25, 0.3) is 44.1 Å². The minimum atomic E-state index is 0.283. The van der Waals surface area contributed by atoms with Crippen LogP contribution in [0.5, 0.6) is 11.5 Å². The Labute approximate surface area is 475 Å². The van der Waals surface area contributed by atoms with Crippen molar-refractivity contribution in [3.8, 4) is 35.2 Å². The Morgan fingerprint density at radius 1 is 0.531 bits per heavy atom. The number of para-hydroxylation sites is 2. The number of nitrogens with zero attached hydrogens (tertiary/aromatic N) is 10. The lowest BCUT2D eigenvalue weighted by molar-refractivity contribution is 0.237. The number of hydrogen-bond acceptors (Lipinski definition) is 12. The molecule has 0 radical (unpaired) electrons. The average molecular weight is 1080 g/mol. The molecule has 2 aliphatic heterocycles. The number of benzene rings is 4. The van der Waals surface area contributed by atoms with Gasteiger partial charge in [-0.25, -0.2) is 19.9 Å². The van der Waals surface area contributed by atoms with E-state index in [0.717, 1.165) is 109 Å². The van der Waals surface area contributed by atoms with Crippen LogP contribution < -0.4 is 20.1 Å². The molecule has 81 heavy (non-hydrogen) atoms. The maximum absolute atomic E-state index is 5.95. The van der Waals surface area contributed by atoms with Crippen molar-refractivity contribution in [2.75, 3.05) is 63.1 Å². The summed E-state index contributed by atoms with van der Waals surface area (Å²) in [7, 11) is 0. The van der Waals surface area contributed by atoms with Crippen LogP contribution in [-0.4, -0.2) is 111 Å². The standard InChI is InChI=1S/C32H35N7O.C31H33N7O.C2H6/c1-4-29-35-28-9-7-8-23(30(28)39(29)22(2)3)10-15-27-26-16-17-33-31(26)37-32(36-27)34-24-11-13-25(14-12-24)40-21-20-38-18-5-6-19-38;1-21(2)38-22(3)33-28-8-6-7-23(29(28)38)9-14-27-26-15-16-32-30(26)36-31(35-27)34-24-10-12-25(13-11-24)39-20-19-37-17-4-5-18-37;1-2/h7-9,11-14,16-17,22H,4-6,18-21H2,1-3H3,(H2,33,34,36,37);6-8,10-13,15-16,21H,4-5,17-20H2,1-3H3,(H2,32,34,35,36);1-2H3. The highest BCUT2D eigenvalue weighted by Crippen LogP contribution is 2.28. The van der Waals surface area contributed by atoms with E-state index in [0.29, 0.717) is 36.5 Å². The number of nitrogens with one attached hydrogen (secondary N) is 4. The summed E-state index contributed by atoms with van der Waals surface area (Å²) in [5.41, 5.74) is 10.5. The Morgan fingerprint density at radius 3 is 1.42 bits per heavy atom. The summed E-state index contributed by atoms with van der Waals surface area (Å²) in [5, 5.41) is 8.42. The number of ether oxygens (including phenoxy) is 2. The Kier molecular flexibility index (Phi) is 17.9. The van der Waals surface area contributed by atoms with Gasteiger partial charge in [0, 0.05) is 55.4 Å². The first-order valence-corrected chi connectivity index (χ1v) is 28.8. The number of aromatic nitrogens is 10. The topological polar surface area (TPSA) is 168 Å². The van der Waals surface area contributed by atoms with Crippen molar-refractivity contribution in [3.05, 3.63) is 144 Å². The summed E-state index contributed by atoms with van der Waals surface area (Å²) < 4.78 is 16.4. The molecule has 0 atom stereocenters. The Bertz CT molecular complexity index is 3850. The highest BCUT2D eigenvalue weighted by Gasteiger charge is 2.18. The number of imidazole rings is 2. The zero-order valence-corrected chi connectivity index (χ0v) is 48.0. The van der Waals surface area contributed by atoms with Crippen molar-refractivity contribution in [3.63, 3.8) is 0 Å². The molecule has 0 saturated carbocycles. The molecule has 0 bridgehead atoms. The molecule has 6 aromatic heterocycles. The van der Waals surface area contributed by atoms with Gasteiger partial charge in [0.05, 0.1) is 44.0 Å². The van der Waals surface area contributed by atoms with Gasteiger partial charge in [-0.3, -0.25) is 9.80 Å². The summed E-state index contributed by atoms with van der Waals surface area (Å²) in [4.78, 5) is 39.8. The summed E-state index contributed by atoms with van der Waals surface area (Å²) >= 11 is 0. The van der Waals surface area contributed by atoms with Gasteiger partial charge in [0.1, 0.15) is 59.0 Å². The van der Waals surface area contributed by atoms with Gasteiger partial charge in [0.2, 0.25) is 11.9 Å². The van der Waals surface area contributed by atoms with E-state index in [1.54, 1.807) is 0 Å². The number of H-pyrrole nitrogens is 2. The second kappa shape index (κ2) is 26.1. The number of hydrogen-bond donors (Lipinski definition) is 4. The van der Waals surface area contributed by atoms with Gasteiger partial charge in [-0.05, 0) is 183 Å². The van der Waals surface area contributed by atoms with Gasteiger partial charge < -0.3 is 39.2 Å². The number of aryl methyl sites for hydroxylation is 2. The maximum Gasteiger partial charge on any atom is 0.230 e. The highest BCUT2D eigenvalue weighted by molar-refractivity contribution is 5.87. The van der Waals surface area contributed by atoms with Crippen molar-refractivity contribution >= 4 is 67.4 Å². The molecule has 4 N–H and O–H groups in total. The number of likely N-dealkylation sites (tertiary alicyclic amines) is 2. The molecule has 416 valence electrons. The predicted octanol–water partition coefficient (Wildman–Crippen LogP) is 12.9. The molecule has 2 saturated heterocycles. The maximum atomic E-state index is 5.95. The largest absolute Gasteiger partial charge is 0.492 e. The first kappa shape index (κ1) is 55.6. The third-order valence-corrected chi connectivity index (χ3v) is 14.5. The zero-order chi connectivity index (χ0) is 56.2. The molecule has 16 nitrogen and oxygen atoms in total. The van der Waals surface area contributed by atoms with E-state index in [1.807, 2.05) is 118 Å². The van der Waals surface area contributed by atoms with E-state index >= 15 is 0 Å². The summed E-state index contributed by atoms with van der Waals surface area (Å²) in [6.45, 7) is 25.0. The van der Waals surface area contributed by atoms with E-state index in [9.17, 15) is 0 Å². The summed E-state index contributed by atoms with van der Waals surface area (Å²) in [6, 6.07) is 32.5. The van der Waals surface area contributed by atoms with Crippen molar-refractivity contribution in [2.24, 2.45) is 0 Å². The van der Waals surface area contributed by atoms with Crippen LogP contribution in [0.2, 0.25) is 0 Å². The van der Waals surface area contributed by atoms with Crippen LogP contribution in [0.1, 0.15) is 120 Å². The predicted molar refractivity (Wildman–Crippen MR) is 327 cm³/mol. The van der Waals surface area contributed by atoms with Crippen LogP contribution in [0.3, 0.4) is 0 Å². The second-order valence-electron chi connectivity index (χ2n) is 20.7. The van der Waals surface area contributed by atoms with Gasteiger partial charge >= 0.3 is 0 Å². The third-order valence-electron chi connectivity index (χ3n) is 14.5. The van der Waals surface area contributed by atoms with Crippen LogP contribution in [0, 0.1) is 30.6 Å². The molecule has 0 aliphatic carbocycles. The summed E-state index contributed by atoms with van der Waals surface area (Å²) in [6.07, 6.45) is 9.78. The SMILES string of the molecule is CC.CCc1nc2cccc(C#Cc3nc(Nc4ccc(OCCN5CCCC5)cc4)nc4[nH]ccc34)c2n1C(C)C.Cc1nc2cccc(C#Cc3nc(Nc4ccc(OCCN5CCCC5)cc4)nc4[nH]ccc34)c2n1C(C)C. The van der Waals surface area contributed by atoms with E-state index in [-0.39, 0.29) is 12.1 Å². The normalized spacial score (nSPS) is 13.5. The third kappa shape index (κ3) is 13.2. The van der Waals surface area contributed by atoms with Crippen LogP contribution >= 0.6 is 0 Å². The minimum absolute atomic E-state index is 0.283. The fourth-order valence-electron chi connectivity index (χ4n) is 10.7. The smallest absolute Gasteiger partial charge is 0.230 e. The van der Waals surface area contributed by atoms with Crippen molar-refractivity contribution < 1.29 is 9.47 Å².